The molecule has 0 aromatic heterocycles. The molecule has 1 heterocycles. The Hall–Kier alpha value is -1.57. The zero-order valence-corrected chi connectivity index (χ0v) is 11.1. The van der Waals surface area contributed by atoms with Crippen LogP contribution in [-0.4, -0.2) is 28.9 Å². The molecule has 0 aromatic carbocycles. The summed E-state index contributed by atoms with van der Waals surface area (Å²) in [7, 11) is 0. The molecule has 0 unspecified atom stereocenters. The molecular formula is C14H19N3O2. The number of nitrogens with zero attached hydrogens (tertiary/aromatic N) is 2. The Kier molecular flexibility index (Phi) is 2.77. The summed E-state index contributed by atoms with van der Waals surface area (Å²) in [5.41, 5.74) is -0.736. The van der Waals surface area contributed by atoms with Gasteiger partial charge in [0.2, 0.25) is 0 Å². The fraction of sp³-hybridized carbons (Fsp3) is 0.786. The number of rotatable bonds is 3. The molecule has 3 amide bonds. The molecule has 2 aliphatic carbocycles. The van der Waals surface area contributed by atoms with Crippen LogP contribution in [-0.2, 0) is 4.79 Å². The highest BCUT2D eigenvalue weighted by atomic mass is 16.2. The molecule has 1 N–H and O–H groups in total. The summed E-state index contributed by atoms with van der Waals surface area (Å²) < 4.78 is 0. The van der Waals surface area contributed by atoms with E-state index in [1.54, 1.807) is 0 Å². The fourth-order valence-corrected chi connectivity index (χ4v) is 3.38. The van der Waals surface area contributed by atoms with E-state index in [0.29, 0.717) is 13.0 Å². The summed E-state index contributed by atoms with van der Waals surface area (Å²) in [5.74, 6) is -0.0542. The van der Waals surface area contributed by atoms with Crippen molar-refractivity contribution in [1.82, 2.24) is 10.2 Å². The molecule has 5 heteroatoms. The SMILES string of the molecule is N#CCC1(CN2C(=O)NC3(CCCCC3)C2=O)CC1. The van der Waals surface area contributed by atoms with Gasteiger partial charge in [-0.2, -0.15) is 5.26 Å². The third kappa shape index (κ3) is 1.99. The minimum atomic E-state index is -0.627. The predicted octanol–water partition coefficient (Wildman–Crippen LogP) is 1.93. The second-order valence-electron chi connectivity index (χ2n) is 6.30. The maximum atomic E-state index is 12.6. The number of urea groups is 1. The maximum absolute atomic E-state index is 12.6. The summed E-state index contributed by atoms with van der Waals surface area (Å²) in [4.78, 5) is 26.0. The minimum Gasteiger partial charge on any atom is -0.323 e. The predicted molar refractivity (Wildman–Crippen MR) is 68.0 cm³/mol. The lowest BCUT2D eigenvalue weighted by molar-refractivity contribution is -0.133. The van der Waals surface area contributed by atoms with E-state index in [9.17, 15) is 9.59 Å². The van der Waals surface area contributed by atoms with E-state index >= 15 is 0 Å². The largest absolute Gasteiger partial charge is 0.325 e. The van der Waals surface area contributed by atoms with Crippen molar-refractivity contribution in [1.29, 1.82) is 5.26 Å². The van der Waals surface area contributed by atoms with E-state index in [-0.39, 0.29) is 17.4 Å². The Bertz CT molecular complexity index is 456. The van der Waals surface area contributed by atoms with E-state index in [1.807, 2.05) is 0 Å². The van der Waals surface area contributed by atoms with Crippen molar-refractivity contribution >= 4 is 11.9 Å². The summed E-state index contributed by atoms with van der Waals surface area (Å²) in [6.45, 7) is 0.424. The average Bonchev–Trinajstić information content (AvgIpc) is 3.12. The Morgan fingerprint density at radius 2 is 1.84 bits per heavy atom. The first-order valence-electron chi connectivity index (χ1n) is 7.12. The van der Waals surface area contributed by atoms with Gasteiger partial charge in [-0.05, 0) is 25.7 Å². The Morgan fingerprint density at radius 1 is 1.16 bits per heavy atom. The van der Waals surface area contributed by atoms with Gasteiger partial charge in [-0.25, -0.2) is 4.79 Å². The van der Waals surface area contributed by atoms with Crippen LogP contribution in [0.15, 0.2) is 0 Å². The maximum Gasteiger partial charge on any atom is 0.325 e. The third-order valence-electron chi connectivity index (χ3n) is 4.86. The van der Waals surface area contributed by atoms with Crippen LogP contribution in [0.4, 0.5) is 4.79 Å². The highest BCUT2D eigenvalue weighted by molar-refractivity contribution is 6.07. The van der Waals surface area contributed by atoms with Crippen molar-refractivity contribution in [3.63, 3.8) is 0 Å². The van der Waals surface area contributed by atoms with Crippen LogP contribution in [0, 0.1) is 16.7 Å². The normalized spacial score (nSPS) is 27.2. The monoisotopic (exact) mass is 261 g/mol. The number of carbonyl (C=O) groups excluding carboxylic acids is 2. The smallest absolute Gasteiger partial charge is 0.323 e. The van der Waals surface area contributed by atoms with Crippen molar-refractivity contribution in [3.8, 4) is 6.07 Å². The molecule has 102 valence electrons. The Balaban J connectivity index is 1.75. The lowest BCUT2D eigenvalue weighted by atomic mass is 9.81. The summed E-state index contributed by atoms with van der Waals surface area (Å²) in [5, 5.41) is 11.8. The van der Waals surface area contributed by atoms with Gasteiger partial charge >= 0.3 is 6.03 Å². The molecule has 3 aliphatic rings. The van der Waals surface area contributed by atoms with Gasteiger partial charge in [0.15, 0.2) is 0 Å². The molecule has 1 aliphatic heterocycles. The summed E-state index contributed by atoms with van der Waals surface area (Å²) in [6.07, 6.45) is 7.01. The highest BCUT2D eigenvalue weighted by Gasteiger charge is 2.55. The molecule has 0 radical (unpaired) electrons. The van der Waals surface area contributed by atoms with Crippen LogP contribution in [0.25, 0.3) is 0 Å². The summed E-state index contributed by atoms with van der Waals surface area (Å²) in [6, 6.07) is 1.92. The second kappa shape index (κ2) is 4.22. The molecule has 0 bridgehead atoms. The van der Waals surface area contributed by atoms with Crippen molar-refractivity contribution in [2.24, 2.45) is 5.41 Å². The van der Waals surface area contributed by atoms with E-state index < -0.39 is 5.54 Å². The first-order valence-corrected chi connectivity index (χ1v) is 7.12. The van der Waals surface area contributed by atoms with Crippen molar-refractivity contribution in [2.45, 2.75) is 56.9 Å². The van der Waals surface area contributed by atoms with Crippen LogP contribution < -0.4 is 5.32 Å². The first-order chi connectivity index (χ1) is 9.11. The van der Waals surface area contributed by atoms with E-state index in [1.165, 1.54) is 4.90 Å². The number of carbonyl (C=O) groups is 2. The minimum absolute atomic E-state index is 0.0542. The number of nitriles is 1. The highest BCUT2D eigenvalue weighted by Crippen LogP contribution is 2.50. The molecule has 0 aromatic rings. The van der Waals surface area contributed by atoms with Gasteiger partial charge in [0.05, 0.1) is 6.07 Å². The topological polar surface area (TPSA) is 73.2 Å². The standard InChI is InChI=1S/C14H19N3O2/c15-9-8-13(6-7-13)10-17-11(18)14(16-12(17)19)4-2-1-3-5-14/h1-8,10H2,(H,16,19). The first kappa shape index (κ1) is 12.5. The Morgan fingerprint density at radius 3 is 2.42 bits per heavy atom. The molecule has 3 rings (SSSR count). The molecule has 5 nitrogen and oxygen atoms in total. The van der Waals surface area contributed by atoms with Gasteiger partial charge in [-0.15, -0.1) is 0 Å². The van der Waals surface area contributed by atoms with Gasteiger partial charge in [0.1, 0.15) is 5.54 Å². The van der Waals surface area contributed by atoms with Crippen molar-refractivity contribution in [2.75, 3.05) is 6.54 Å². The van der Waals surface area contributed by atoms with Crippen LogP contribution in [0.2, 0.25) is 0 Å². The van der Waals surface area contributed by atoms with E-state index in [2.05, 4.69) is 11.4 Å². The molecule has 0 atom stereocenters. The van der Waals surface area contributed by atoms with Gasteiger partial charge in [-0.1, -0.05) is 19.3 Å². The zero-order valence-electron chi connectivity index (χ0n) is 11.1. The molecular weight excluding hydrogens is 242 g/mol. The lowest BCUT2D eigenvalue weighted by Gasteiger charge is -2.30. The Labute approximate surface area is 112 Å². The summed E-state index contributed by atoms with van der Waals surface area (Å²) >= 11 is 0. The zero-order chi connectivity index (χ0) is 13.5. The molecule has 1 spiro atoms. The van der Waals surface area contributed by atoms with Crippen LogP contribution in [0.5, 0.6) is 0 Å². The van der Waals surface area contributed by atoms with Gasteiger partial charge in [0.25, 0.3) is 5.91 Å². The van der Waals surface area contributed by atoms with Crippen molar-refractivity contribution in [3.05, 3.63) is 0 Å². The van der Waals surface area contributed by atoms with Gasteiger partial charge in [0, 0.05) is 18.4 Å². The molecule has 2 saturated carbocycles. The average molecular weight is 261 g/mol. The van der Waals surface area contributed by atoms with Gasteiger partial charge in [-0.3, -0.25) is 9.69 Å². The number of hydrogen-bond acceptors (Lipinski definition) is 3. The van der Waals surface area contributed by atoms with Crippen LogP contribution >= 0.6 is 0 Å². The fourth-order valence-electron chi connectivity index (χ4n) is 3.38. The number of imide groups is 1. The lowest BCUT2D eigenvalue weighted by Crippen LogP contribution is -2.48. The number of hydrogen-bond donors (Lipinski definition) is 1. The molecule has 19 heavy (non-hydrogen) atoms. The molecule has 3 fully saturated rings. The van der Waals surface area contributed by atoms with Crippen LogP contribution in [0.1, 0.15) is 51.4 Å². The van der Waals surface area contributed by atoms with E-state index in [4.69, 9.17) is 5.26 Å². The number of amides is 3. The number of nitrogens with one attached hydrogen (secondary N) is 1. The van der Waals surface area contributed by atoms with Gasteiger partial charge < -0.3 is 5.32 Å². The van der Waals surface area contributed by atoms with E-state index in [0.717, 1.165) is 44.9 Å². The third-order valence-corrected chi connectivity index (χ3v) is 4.86. The second-order valence-corrected chi connectivity index (χ2v) is 6.30. The molecule has 1 saturated heterocycles. The van der Waals surface area contributed by atoms with Crippen molar-refractivity contribution < 1.29 is 9.59 Å². The quantitative estimate of drug-likeness (QED) is 0.789. The van der Waals surface area contributed by atoms with Crippen LogP contribution in [0.3, 0.4) is 0 Å².